The van der Waals surface area contributed by atoms with Crippen molar-refractivity contribution in [2.45, 2.75) is 76.4 Å². The van der Waals surface area contributed by atoms with Crippen molar-refractivity contribution in [2.75, 3.05) is 10.8 Å². The van der Waals surface area contributed by atoms with Gasteiger partial charge in [-0.1, -0.05) is 78.4 Å². The molecule has 1 atom stereocenters. The minimum atomic E-state index is -4.18. The van der Waals surface area contributed by atoms with E-state index in [4.69, 9.17) is 23.2 Å². The van der Waals surface area contributed by atoms with Gasteiger partial charge in [0, 0.05) is 22.6 Å². The third kappa shape index (κ3) is 7.65. The lowest BCUT2D eigenvalue weighted by molar-refractivity contribution is -0.139. The van der Waals surface area contributed by atoms with Gasteiger partial charge in [0.15, 0.2) is 0 Å². The van der Waals surface area contributed by atoms with Gasteiger partial charge < -0.3 is 10.2 Å². The first-order chi connectivity index (χ1) is 20.0. The number of hydrogen-bond donors (Lipinski definition) is 1. The standard InChI is InChI=1S/C32H37Cl2N3O4S/c1-22-12-18-28(19-13-22)42(40,41)37(30-11-7-10-29(34)23(30)2)21-31(38)36(20-25-14-16-26(33)17-15-25)24(3)32(39)35-27-8-5-4-6-9-27/h7,10-19,24,27H,4-6,8-9,20-21H2,1-3H3,(H,35,39)/t24-/m0/s1. The van der Waals surface area contributed by atoms with Gasteiger partial charge in [-0.15, -0.1) is 0 Å². The molecule has 1 aliphatic rings. The summed E-state index contributed by atoms with van der Waals surface area (Å²) in [7, 11) is -4.18. The molecule has 0 heterocycles. The molecule has 0 bridgehead atoms. The molecular formula is C32H37Cl2N3O4S. The van der Waals surface area contributed by atoms with Gasteiger partial charge in [-0.25, -0.2) is 8.42 Å². The predicted octanol–water partition coefficient (Wildman–Crippen LogP) is 6.67. The summed E-state index contributed by atoms with van der Waals surface area (Å²) in [6.07, 6.45) is 5.06. The average Bonchev–Trinajstić information content (AvgIpc) is 2.97. The summed E-state index contributed by atoms with van der Waals surface area (Å²) in [4.78, 5) is 29.1. The predicted molar refractivity (Wildman–Crippen MR) is 168 cm³/mol. The molecule has 0 radical (unpaired) electrons. The lowest BCUT2D eigenvalue weighted by atomic mass is 9.95. The van der Waals surface area contributed by atoms with Crippen LogP contribution in [0.2, 0.25) is 10.0 Å². The highest BCUT2D eigenvalue weighted by Gasteiger charge is 2.34. The molecule has 4 rings (SSSR count). The molecular weight excluding hydrogens is 593 g/mol. The molecule has 0 spiro atoms. The van der Waals surface area contributed by atoms with Crippen LogP contribution in [-0.2, 0) is 26.2 Å². The highest BCUT2D eigenvalue weighted by Crippen LogP contribution is 2.31. The van der Waals surface area contributed by atoms with E-state index in [1.165, 1.54) is 17.0 Å². The number of benzene rings is 3. The van der Waals surface area contributed by atoms with E-state index in [1.807, 2.05) is 6.92 Å². The van der Waals surface area contributed by atoms with E-state index in [2.05, 4.69) is 5.32 Å². The number of anilines is 1. The van der Waals surface area contributed by atoms with Crippen molar-refractivity contribution < 1.29 is 18.0 Å². The molecule has 1 saturated carbocycles. The zero-order chi connectivity index (χ0) is 30.4. The van der Waals surface area contributed by atoms with Gasteiger partial charge in [0.05, 0.1) is 10.6 Å². The van der Waals surface area contributed by atoms with Crippen LogP contribution in [0.5, 0.6) is 0 Å². The van der Waals surface area contributed by atoms with E-state index < -0.39 is 28.5 Å². The van der Waals surface area contributed by atoms with E-state index in [0.717, 1.165) is 47.5 Å². The van der Waals surface area contributed by atoms with E-state index in [0.29, 0.717) is 21.3 Å². The van der Waals surface area contributed by atoms with Crippen LogP contribution in [0.3, 0.4) is 0 Å². The first kappa shape index (κ1) is 31.9. The van der Waals surface area contributed by atoms with Crippen LogP contribution in [0.1, 0.15) is 55.7 Å². The normalized spacial score (nSPS) is 14.7. The number of nitrogens with zero attached hydrogens (tertiary/aromatic N) is 2. The largest absolute Gasteiger partial charge is 0.352 e. The first-order valence-corrected chi connectivity index (χ1v) is 16.4. The maximum atomic E-state index is 14.1. The quantitative estimate of drug-likeness (QED) is 0.271. The van der Waals surface area contributed by atoms with Gasteiger partial charge in [0.1, 0.15) is 12.6 Å². The van der Waals surface area contributed by atoms with Gasteiger partial charge in [0.25, 0.3) is 10.0 Å². The maximum absolute atomic E-state index is 14.1. The van der Waals surface area contributed by atoms with E-state index in [1.54, 1.807) is 68.4 Å². The van der Waals surface area contributed by atoms with E-state index in [9.17, 15) is 18.0 Å². The van der Waals surface area contributed by atoms with Crippen molar-refractivity contribution in [2.24, 2.45) is 0 Å². The van der Waals surface area contributed by atoms with Gasteiger partial charge in [-0.2, -0.15) is 0 Å². The third-order valence-electron chi connectivity index (χ3n) is 7.78. The fraction of sp³-hybridized carbons (Fsp3) is 0.375. The molecule has 42 heavy (non-hydrogen) atoms. The Morgan fingerprint density at radius 1 is 0.929 bits per heavy atom. The zero-order valence-corrected chi connectivity index (χ0v) is 26.5. The Morgan fingerprint density at radius 3 is 2.21 bits per heavy atom. The van der Waals surface area contributed by atoms with Gasteiger partial charge >= 0.3 is 0 Å². The fourth-order valence-corrected chi connectivity index (χ4v) is 6.92. The minimum Gasteiger partial charge on any atom is -0.352 e. The summed E-state index contributed by atoms with van der Waals surface area (Å²) in [6.45, 7) is 4.84. The number of nitrogens with one attached hydrogen (secondary N) is 1. The highest BCUT2D eigenvalue weighted by molar-refractivity contribution is 7.92. The van der Waals surface area contributed by atoms with E-state index >= 15 is 0 Å². The molecule has 0 aromatic heterocycles. The molecule has 0 aliphatic heterocycles. The highest BCUT2D eigenvalue weighted by atomic mass is 35.5. The molecule has 10 heteroatoms. The average molecular weight is 631 g/mol. The molecule has 2 amide bonds. The van der Waals surface area contributed by atoms with Crippen LogP contribution < -0.4 is 9.62 Å². The van der Waals surface area contributed by atoms with Crippen molar-refractivity contribution in [3.05, 3.63) is 93.5 Å². The van der Waals surface area contributed by atoms with Crippen molar-refractivity contribution >= 4 is 50.7 Å². The summed E-state index contributed by atoms with van der Waals surface area (Å²) >= 11 is 12.5. The monoisotopic (exact) mass is 629 g/mol. The molecule has 1 aliphatic carbocycles. The number of halogens is 2. The SMILES string of the molecule is Cc1ccc(S(=O)(=O)N(CC(=O)N(Cc2ccc(Cl)cc2)[C@@H](C)C(=O)NC2CCCCC2)c2cccc(Cl)c2C)cc1. The van der Waals surface area contributed by atoms with Crippen LogP contribution in [0, 0.1) is 13.8 Å². The summed E-state index contributed by atoms with van der Waals surface area (Å²) in [5.74, 6) is -0.789. The Morgan fingerprint density at radius 2 is 1.57 bits per heavy atom. The van der Waals surface area contributed by atoms with Crippen LogP contribution >= 0.6 is 23.2 Å². The number of aryl methyl sites for hydroxylation is 1. The topological polar surface area (TPSA) is 86.8 Å². The van der Waals surface area contributed by atoms with Crippen LogP contribution in [0.4, 0.5) is 5.69 Å². The van der Waals surface area contributed by atoms with Gasteiger partial charge in [-0.3, -0.25) is 13.9 Å². The second kappa shape index (κ2) is 13.9. The van der Waals surface area contributed by atoms with Crippen molar-refractivity contribution in [3.63, 3.8) is 0 Å². The van der Waals surface area contributed by atoms with Gasteiger partial charge in [-0.05, 0) is 81.1 Å². The number of carbonyl (C=O) groups excluding carboxylic acids is 2. The molecule has 3 aromatic rings. The lowest BCUT2D eigenvalue weighted by Gasteiger charge is -2.33. The summed E-state index contributed by atoms with van der Waals surface area (Å²) in [5.41, 5.74) is 2.48. The van der Waals surface area contributed by atoms with E-state index in [-0.39, 0.29) is 23.4 Å². The Balaban J connectivity index is 1.70. The molecule has 0 unspecified atom stereocenters. The second-order valence-corrected chi connectivity index (χ2v) is 13.6. The van der Waals surface area contributed by atoms with Gasteiger partial charge in [0.2, 0.25) is 11.8 Å². The van der Waals surface area contributed by atoms with Crippen molar-refractivity contribution in [1.29, 1.82) is 0 Å². The summed E-state index contributed by atoms with van der Waals surface area (Å²) in [6, 6.07) is 17.6. The number of sulfonamides is 1. The fourth-order valence-electron chi connectivity index (χ4n) is 5.15. The Kier molecular flexibility index (Phi) is 10.6. The zero-order valence-electron chi connectivity index (χ0n) is 24.1. The lowest BCUT2D eigenvalue weighted by Crippen LogP contribution is -2.53. The molecule has 1 fully saturated rings. The number of amides is 2. The van der Waals surface area contributed by atoms with Crippen LogP contribution in [0.25, 0.3) is 0 Å². The summed E-state index contributed by atoms with van der Waals surface area (Å²) < 4.78 is 29.2. The smallest absolute Gasteiger partial charge is 0.264 e. The number of carbonyl (C=O) groups is 2. The van der Waals surface area contributed by atoms with Crippen molar-refractivity contribution in [3.8, 4) is 0 Å². The molecule has 0 saturated heterocycles. The third-order valence-corrected chi connectivity index (χ3v) is 10.2. The Hall–Kier alpha value is -3.07. The van der Waals surface area contributed by atoms with Crippen LogP contribution in [-0.4, -0.2) is 43.8 Å². The van der Waals surface area contributed by atoms with Crippen LogP contribution in [0.15, 0.2) is 71.6 Å². The molecule has 224 valence electrons. The first-order valence-electron chi connectivity index (χ1n) is 14.2. The molecule has 1 N–H and O–H groups in total. The summed E-state index contributed by atoms with van der Waals surface area (Å²) in [5, 5.41) is 4.03. The maximum Gasteiger partial charge on any atom is 0.264 e. The molecule has 3 aromatic carbocycles. The minimum absolute atomic E-state index is 0.0487. The Labute approximate surface area is 258 Å². The molecule has 7 nitrogen and oxygen atoms in total. The number of rotatable bonds is 10. The van der Waals surface area contributed by atoms with Crippen molar-refractivity contribution in [1.82, 2.24) is 10.2 Å². The second-order valence-electron chi connectivity index (χ2n) is 10.9. The Bertz CT molecular complexity index is 1510. The number of hydrogen-bond acceptors (Lipinski definition) is 4.